The number of carbonyl (C=O) groups excluding carboxylic acids is 2. The molecule has 0 saturated heterocycles. The number of carboxylic acids is 1. The van der Waals surface area contributed by atoms with Crippen LogP contribution in [0.5, 0.6) is 0 Å². The van der Waals surface area contributed by atoms with E-state index in [-0.39, 0.29) is 19.1 Å². The number of nitrogens with zero attached hydrogens (tertiary/aromatic N) is 1. The largest absolute Gasteiger partial charge is 0.481 e. The topological polar surface area (TPSA) is 95.9 Å². The zero-order chi connectivity index (χ0) is 23.8. The molecule has 0 fully saturated rings. The van der Waals surface area contributed by atoms with Crippen LogP contribution in [0, 0.1) is 0 Å². The summed E-state index contributed by atoms with van der Waals surface area (Å²) in [6.07, 6.45) is 1.95. The van der Waals surface area contributed by atoms with Crippen molar-refractivity contribution in [3.05, 3.63) is 81.5 Å². The first-order valence-corrected chi connectivity index (χ1v) is 11.6. The van der Waals surface area contributed by atoms with Crippen LogP contribution in [0.1, 0.15) is 49.8 Å². The van der Waals surface area contributed by atoms with Crippen molar-refractivity contribution in [1.82, 2.24) is 10.2 Å². The van der Waals surface area contributed by atoms with Gasteiger partial charge in [0.25, 0.3) is 0 Å². The predicted molar refractivity (Wildman–Crippen MR) is 127 cm³/mol. The van der Waals surface area contributed by atoms with Gasteiger partial charge < -0.3 is 15.2 Å². The van der Waals surface area contributed by atoms with Gasteiger partial charge >= 0.3 is 18.0 Å². The van der Waals surface area contributed by atoms with Crippen LogP contribution in [-0.2, 0) is 20.9 Å². The number of halogens is 1. The molecule has 0 bridgehead atoms. The van der Waals surface area contributed by atoms with Gasteiger partial charge in [0.15, 0.2) is 0 Å². The Morgan fingerprint density at radius 3 is 2.42 bits per heavy atom. The standard InChI is InChI=1S/C25H27BrN2O5/c1-17-22(24(31)33-16-18-8-4-2-5-9-18)23(19-11-13-20(26)14-12-19)27-25(32)28(17)15-7-3-6-10-21(29)30/h2,4-5,8-9,11-14,23H,3,6-7,10,15-16H2,1H3,(H,27,32)(H,29,30). The highest BCUT2D eigenvalue weighted by atomic mass is 79.9. The zero-order valence-electron chi connectivity index (χ0n) is 18.4. The first-order valence-electron chi connectivity index (χ1n) is 10.8. The Bertz CT molecular complexity index is 1020. The van der Waals surface area contributed by atoms with Crippen LogP contribution in [0.25, 0.3) is 0 Å². The van der Waals surface area contributed by atoms with E-state index < -0.39 is 18.0 Å². The number of ether oxygens (including phenoxy) is 1. The number of esters is 1. The van der Waals surface area contributed by atoms with Crippen molar-refractivity contribution in [3.8, 4) is 0 Å². The highest BCUT2D eigenvalue weighted by Gasteiger charge is 2.36. The van der Waals surface area contributed by atoms with Gasteiger partial charge in [-0.2, -0.15) is 0 Å². The number of benzene rings is 2. The second-order valence-corrected chi connectivity index (χ2v) is 8.77. The van der Waals surface area contributed by atoms with Crippen LogP contribution in [0.15, 0.2) is 70.3 Å². The first-order chi connectivity index (χ1) is 15.9. The summed E-state index contributed by atoms with van der Waals surface area (Å²) in [7, 11) is 0. The van der Waals surface area contributed by atoms with Gasteiger partial charge in [-0.3, -0.25) is 9.69 Å². The minimum absolute atomic E-state index is 0.101. The molecule has 1 aliphatic rings. The molecule has 2 amide bonds. The summed E-state index contributed by atoms with van der Waals surface area (Å²) in [6.45, 7) is 2.27. The molecule has 33 heavy (non-hydrogen) atoms. The molecule has 0 aromatic heterocycles. The van der Waals surface area contributed by atoms with Crippen molar-refractivity contribution in [2.75, 3.05) is 6.54 Å². The van der Waals surface area contributed by atoms with Gasteiger partial charge in [-0.25, -0.2) is 9.59 Å². The van der Waals surface area contributed by atoms with Crippen LogP contribution >= 0.6 is 15.9 Å². The third-order valence-corrected chi connectivity index (χ3v) is 6.03. The van der Waals surface area contributed by atoms with Gasteiger partial charge in [-0.1, -0.05) is 64.8 Å². The van der Waals surface area contributed by atoms with E-state index in [9.17, 15) is 14.4 Å². The number of unbranched alkanes of at least 4 members (excludes halogenated alkanes) is 2. The van der Waals surface area contributed by atoms with E-state index in [1.54, 1.807) is 6.92 Å². The number of nitrogens with one attached hydrogen (secondary N) is 1. The lowest BCUT2D eigenvalue weighted by atomic mass is 9.95. The van der Waals surface area contributed by atoms with E-state index in [1.165, 1.54) is 4.90 Å². The van der Waals surface area contributed by atoms with Crippen molar-refractivity contribution in [2.24, 2.45) is 0 Å². The Labute approximate surface area is 201 Å². The molecule has 3 rings (SSSR count). The third-order valence-electron chi connectivity index (χ3n) is 5.50. The lowest BCUT2D eigenvalue weighted by Gasteiger charge is -2.35. The molecule has 0 radical (unpaired) electrons. The molecule has 2 N–H and O–H groups in total. The summed E-state index contributed by atoms with van der Waals surface area (Å²) in [4.78, 5) is 38.3. The molecule has 8 heteroatoms. The van der Waals surface area contributed by atoms with Crippen molar-refractivity contribution in [2.45, 2.75) is 45.3 Å². The SMILES string of the molecule is CC1=C(C(=O)OCc2ccccc2)C(c2ccc(Br)cc2)NC(=O)N1CCCCCC(=O)O. The first kappa shape index (κ1) is 24.5. The van der Waals surface area contributed by atoms with E-state index in [0.29, 0.717) is 37.1 Å². The average molecular weight is 515 g/mol. The normalized spacial score (nSPS) is 15.9. The van der Waals surface area contributed by atoms with Gasteiger partial charge in [0.05, 0.1) is 11.6 Å². The molecule has 1 aliphatic heterocycles. The summed E-state index contributed by atoms with van der Waals surface area (Å²) in [5.41, 5.74) is 2.58. The van der Waals surface area contributed by atoms with Gasteiger partial charge in [0.2, 0.25) is 0 Å². The number of hydrogen-bond acceptors (Lipinski definition) is 4. The maximum absolute atomic E-state index is 13.2. The summed E-state index contributed by atoms with van der Waals surface area (Å²) >= 11 is 3.41. The maximum atomic E-state index is 13.2. The number of hydrogen-bond donors (Lipinski definition) is 2. The second kappa shape index (κ2) is 11.7. The Morgan fingerprint density at radius 2 is 1.76 bits per heavy atom. The third kappa shape index (κ3) is 6.68. The number of allylic oxidation sites excluding steroid dienone is 1. The predicted octanol–water partition coefficient (Wildman–Crippen LogP) is 5.18. The van der Waals surface area contributed by atoms with Gasteiger partial charge in [0.1, 0.15) is 6.61 Å². The highest BCUT2D eigenvalue weighted by molar-refractivity contribution is 9.10. The van der Waals surface area contributed by atoms with Gasteiger partial charge in [-0.15, -0.1) is 0 Å². The molecular formula is C25H27BrN2O5. The molecule has 2 aromatic rings. The molecule has 7 nitrogen and oxygen atoms in total. The van der Waals surface area contributed by atoms with Crippen LogP contribution in [-0.4, -0.2) is 34.5 Å². The molecule has 0 spiro atoms. The molecule has 0 saturated carbocycles. The molecule has 1 unspecified atom stereocenters. The van der Waals surface area contributed by atoms with Crippen molar-refractivity contribution >= 4 is 33.9 Å². The lowest BCUT2D eigenvalue weighted by molar-refractivity contribution is -0.141. The van der Waals surface area contributed by atoms with Crippen LogP contribution in [0.4, 0.5) is 4.79 Å². The highest BCUT2D eigenvalue weighted by Crippen LogP contribution is 2.32. The molecule has 0 aliphatic carbocycles. The number of carboxylic acid groups (broad SMARTS) is 1. The number of carbonyl (C=O) groups is 3. The van der Waals surface area contributed by atoms with E-state index in [0.717, 1.165) is 15.6 Å². The molecule has 1 atom stereocenters. The quantitative estimate of drug-likeness (QED) is 0.336. The Hall–Kier alpha value is -3.13. The minimum Gasteiger partial charge on any atom is -0.481 e. The molecule has 1 heterocycles. The number of rotatable bonds is 10. The Balaban J connectivity index is 1.82. The molecular weight excluding hydrogens is 488 g/mol. The monoisotopic (exact) mass is 514 g/mol. The number of urea groups is 1. The fourth-order valence-corrected chi connectivity index (χ4v) is 4.01. The van der Waals surface area contributed by atoms with Crippen LogP contribution in [0.2, 0.25) is 0 Å². The van der Waals surface area contributed by atoms with E-state index in [1.807, 2.05) is 54.6 Å². The number of amides is 2. The summed E-state index contributed by atoms with van der Waals surface area (Å²) < 4.78 is 6.51. The van der Waals surface area contributed by atoms with Crippen molar-refractivity contribution in [3.63, 3.8) is 0 Å². The van der Waals surface area contributed by atoms with Gasteiger partial charge in [0, 0.05) is 23.1 Å². The zero-order valence-corrected chi connectivity index (χ0v) is 20.0. The summed E-state index contributed by atoms with van der Waals surface area (Å²) in [6, 6.07) is 15.9. The fourth-order valence-electron chi connectivity index (χ4n) is 3.74. The van der Waals surface area contributed by atoms with Gasteiger partial charge in [-0.05, 0) is 43.0 Å². The Morgan fingerprint density at radius 1 is 1.06 bits per heavy atom. The van der Waals surface area contributed by atoms with E-state index in [4.69, 9.17) is 9.84 Å². The molecule has 2 aromatic carbocycles. The van der Waals surface area contributed by atoms with Crippen LogP contribution < -0.4 is 5.32 Å². The maximum Gasteiger partial charge on any atom is 0.338 e. The smallest absolute Gasteiger partial charge is 0.338 e. The number of aliphatic carboxylic acids is 1. The Kier molecular flexibility index (Phi) is 8.65. The van der Waals surface area contributed by atoms with Crippen molar-refractivity contribution < 1.29 is 24.2 Å². The minimum atomic E-state index is -0.831. The molecule has 174 valence electrons. The fraction of sp³-hybridized carbons (Fsp3) is 0.320. The van der Waals surface area contributed by atoms with E-state index in [2.05, 4.69) is 21.2 Å². The summed E-state index contributed by atoms with van der Waals surface area (Å²) in [5.74, 6) is -1.32. The average Bonchev–Trinajstić information content (AvgIpc) is 2.80. The van der Waals surface area contributed by atoms with Crippen LogP contribution in [0.3, 0.4) is 0 Å². The van der Waals surface area contributed by atoms with E-state index >= 15 is 0 Å². The van der Waals surface area contributed by atoms with Crippen molar-refractivity contribution in [1.29, 1.82) is 0 Å². The lowest BCUT2D eigenvalue weighted by Crippen LogP contribution is -2.48. The summed E-state index contributed by atoms with van der Waals surface area (Å²) in [5, 5.41) is 11.7. The second-order valence-electron chi connectivity index (χ2n) is 7.85.